The van der Waals surface area contributed by atoms with Crippen LogP contribution in [0.5, 0.6) is 5.75 Å². The summed E-state index contributed by atoms with van der Waals surface area (Å²) in [4.78, 5) is 4.55. The quantitative estimate of drug-likeness (QED) is 0.329. The van der Waals surface area contributed by atoms with Gasteiger partial charge >= 0.3 is 0 Å². The Hall–Kier alpha value is -2.77. The van der Waals surface area contributed by atoms with Crippen molar-refractivity contribution < 1.29 is 14.2 Å². The second kappa shape index (κ2) is 12.8. The molecule has 0 bridgehead atoms. The Bertz CT molecular complexity index is 1100. The Kier molecular flexibility index (Phi) is 10.1. The summed E-state index contributed by atoms with van der Waals surface area (Å²) in [6.45, 7) is 8.69. The molecule has 0 unspecified atom stereocenters. The lowest BCUT2D eigenvalue weighted by molar-refractivity contribution is 0.111. The molecule has 5 nitrogen and oxygen atoms in total. The minimum Gasteiger partial charge on any atom is -0.508 e. The molecule has 4 rings (SSSR count). The summed E-state index contributed by atoms with van der Waals surface area (Å²) in [7, 11) is 0. The zero-order valence-electron chi connectivity index (χ0n) is 18.5. The maximum absolute atomic E-state index is 12.1. The second-order valence-electron chi connectivity index (χ2n) is 6.02. The van der Waals surface area contributed by atoms with E-state index in [0.29, 0.717) is 13.2 Å². The second-order valence-corrected chi connectivity index (χ2v) is 7.09. The maximum atomic E-state index is 12.1. The van der Waals surface area contributed by atoms with E-state index >= 15 is 0 Å². The molecule has 31 heavy (non-hydrogen) atoms. The molecule has 166 valence electrons. The van der Waals surface area contributed by atoms with Crippen LogP contribution in [0.4, 0.5) is 4.39 Å². The lowest BCUT2D eigenvalue weighted by Crippen LogP contribution is -2.08. The van der Waals surface area contributed by atoms with E-state index < -0.39 is 6.67 Å². The predicted octanol–water partition coefficient (Wildman–Crippen LogP) is 6.56. The Morgan fingerprint density at radius 2 is 1.87 bits per heavy atom. The molecule has 2 aromatic heterocycles. The van der Waals surface area contributed by atoms with Crippen LogP contribution in [0.15, 0.2) is 42.6 Å². The van der Waals surface area contributed by atoms with E-state index in [4.69, 9.17) is 4.74 Å². The van der Waals surface area contributed by atoms with Gasteiger partial charge < -0.3 is 9.84 Å². The minimum atomic E-state index is -0.467. The minimum absolute atomic E-state index is 0.125. The number of ether oxygens (including phenoxy) is 1. The van der Waals surface area contributed by atoms with Crippen molar-refractivity contribution in [1.29, 1.82) is 0 Å². The molecule has 0 aliphatic carbocycles. The Morgan fingerprint density at radius 1 is 1.06 bits per heavy atom. The van der Waals surface area contributed by atoms with E-state index in [2.05, 4.69) is 16.1 Å². The van der Waals surface area contributed by atoms with Gasteiger partial charge in [0.05, 0.1) is 41.7 Å². The number of benzene rings is 2. The zero-order chi connectivity index (χ0) is 22.6. The Balaban J connectivity index is 0.000000807. The third-order valence-corrected chi connectivity index (χ3v) is 5.13. The lowest BCUT2D eigenvalue weighted by atomic mass is 10.1. The molecule has 0 radical (unpaired) electrons. The fourth-order valence-electron chi connectivity index (χ4n) is 2.86. The highest BCUT2D eigenvalue weighted by Crippen LogP contribution is 2.27. The van der Waals surface area contributed by atoms with Crippen molar-refractivity contribution in [3.05, 3.63) is 53.2 Å². The number of phenolic OH excluding ortho intramolecular Hbond substituents is 1. The summed E-state index contributed by atoms with van der Waals surface area (Å²) in [5.41, 5.74) is 2.95. The van der Waals surface area contributed by atoms with Gasteiger partial charge in [0.15, 0.2) is 0 Å². The highest BCUT2D eigenvalue weighted by atomic mass is 32.1. The number of alkyl halides is 1. The molecule has 4 aromatic rings. The zero-order valence-corrected chi connectivity index (χ0v) is 19.3. The Labute approximate surface area is 186 Å². The smallest absolute Gasteiger partial charge is 0.117 e. The molecule has 2 aromatic carbocycles. The molecular formula is C24H30FN3O2S. The van der Waals surface area contributed by atoms with Gasteiger partial charge in [0.1, 0.15) is 17.4 Å². The lowest BCUT2D eigenvalue weighted by Gasteiger charge is -2.04. The number of rotatable bonds is 7. The van der Waals surface area contributed by atoms with Crippen LogP contribution in [0.2, 0.25) is 0 Å². The molecule has 0 fully saturated rings. The number of fused-ring (bicyclic) bond motifs is 2. The van der Waals surface area contributed by atoms with Crippen LogP contribution in [0, 0.1) is 0 Å². The van der Waals surface area contributed by atoms with Gasteiger partial charge in [-0.15, -0.1) is 11.3 Å². The summed E-state index contributed by atoms with van der Waals surface area (Å²) >= 11 is 1.54. The first-order valence-corrected chi connectivity index (χ1v) is 11.4. The topological polar surface area (TPSA) is 60.2 Å². The van der Waals surface area contributed by atoms with Crippen molar-refractivity contribution in [3.63, 3.8) is 0 Å². The molecule has 1 N–H and O–H groups in total. The molecule has 0 saturated heterocycles. The summed E-state index contributed by atoms with van der Waals surface area (Å²) in [5.74, 6) is 0.249. The van der Waals surface area contributed by atoms with Gasteiger partial charge in [0.2, 0.25) is 0 Å². The number of hydrogen-bond acceptors (Lipinski definition) is 5. The van der Waals surface area contributed by atoms with E-state index in [9.17, 15) is 9.50 Å². The molecule has 0 aliphatic rings. The van der Waals surface area contributed by atoms with E-state index in [1.54, 1.807) is 12.1 Å². The fraction of sp³-hybridized carbons (Fsp3) is 0.333. The highest BCUT2D eigenvalue weighted by Gasteiger charge is 2.04. The van der Waals surface area contributed by atoms with Crippen LogP contribution in [-0.2, 0) is 11.3 Å². The van der Waals surface area contributed by atoms with Crippen molar-refractivity contribution in [1.82, 2.24) is 14.8 Å². The van der Waals surface area contributed by atoms with E-state index in [1.807, 2.05) is 68.9 Å². The van der Waals surface area contributed by atoms with Crippen LogP contribution in [-0.4, -0.2) is 39.8 Å². The number of halogens is 1. The van der Waals surface area contributed by atoms with Gasteiger partial charge in [0, 0.05) is 5.39 Å². The molecule has 0 spiro atoms. The summed E-state index contributed by atoms with van der Waals surface area (Å²) < 4.78 is 20.1. The summed E-state index contributed by atoms with van der Waals surface area (Å²) in [6.07, 6.45) is 5.80. The van der Waals surface area contributed by atoms with Crippen molar-refractivity contribution in [2.75, 3.05) is 19.9 Å². The van der Waals surface area contributed by atoms with Crippen molar-refractivity contribution in [2.24, 2.45) is 0 Å². The third-order valence-electron chi connectivity index (χ3n) is 4.14. The van der Waals surface area contributed by atoms with Crippen LogP contribution in [0.3, 0.4) is 0 Å². The number of thiazole rings is 1. The normalized spacial score (nSPS) is 10.7. The fourth-order valence-corrected chi connectivity index (χ4v) is 3.77. The maximum Gasteiger partial charge on any atom is 0.117 e. The van der Waals surface area contributed by atoms with Gasteiger partial charge in [-0.3, -0.25) is 4.68 Å². The average Bonchev–Trinajstić information content (AvgIpc) is 3.41. The first-order chi connectivity index (χ1) is 15.2. The summed E-state index contributed by atoms with van der Waals surface area (Å²) in [6, 6.07) is 11.3. The summed E-state index contributed by atoms with van der Waals surface area (Å²) in [5, 5.41) is 15.9. The van der Waals surface area contributed by atoms with Crippen LogP contribution >= 0.6 is 11.3 Å². The number of aromatic hydroxyl groups is 1. The van der Waals surface area contributed by atoms with E-state index in [1.165, 1.54) is 11.3 Å². The van der Waals surface area contributed by atoms with Crippen LogP contribution in [0.25, 0.3) is 33.3 Å². The molecule has 0 aliphatic heterocycles. The van der Waals surface area contributed by atoms with Crippen molar-refractivity contribution in [3.8, 4) is 5.75 Å². The monoisotopic (exact) mass is 443 g/mol. The average molecular weight is 444 g/mol. The van der Waals surface area contributed by atoms with Gasteiger partial charge in [-0.2, -0.15) is 5.10 Å². The largest absolute Gasteiger partial charge is 0.508 e. The number of hydrogen-bond donors (Lipinski definition) is 1. The van der Waals surface area contributed by atoms with Gasteiger partial charge in [-0.05, 0) is 42.0 Å². The molecule has 0 saturated carbocycles. The molecule has 2 heterocycles. The first-order valence-electron chi connectivity index (χ1n) is 10.6. The number of phenols is 1. The van der Waals surface area contributed by atoms with Gasteiger partial charge in [0.25, 0.3) is 0 Å². The predicted molar refractivity (Wildman–Crippen MR) is 129 cm³/mol. The number of aromatic nitrogens is 3. The molecular weight excluding hydrogens is 413 g/mol. The Morgan fingerprint density at radius 3 is 2.65 bits per heavy atom. The van der Waals surface area contributed by atoms with Crippen LogP contribution in [0.1, 0.15) is 38.3 Å². The van der Waals surface area contributed by atoms with Crippen molar-refractivity contribution >= 4 is 44.6 Å². The first kappa shape index (κ1) is 24.5. The molecule has 0 atom stereocenters. The standard InChI is InChI=1S/C20H18FN3O2S.2C2H6/c21-7-9-26-10-8-24-18-5-1-14(11-15(18)13-22-24)2-6-20-23-17-4-3-16(25)12-19(17)27-20;2*1-2/h1-6,11-13,25H,7-10H2;2*1-2H3/b6-2+;;. The third kappa shape index (κ3) is 6.60. The molecule has 7 heteroatoms. The van der Waals surface area contributed by atoms with E-state index in [0.717, 1.165) is 31.7 Å². The van der Waals surface area contributed by atoms with E-state index in [-0.39, 0.29) is 12.4 Å². The van der Waals surface area contributed by atoms with Crippen molar-refractivity contribution in [2.45, 2.75) is 34.2 Å². The van der Waals surface area contributed by atoms with Gasteiger partial charge in [-0.25, -0.2) is 9.37 Å². The van der Waals surface area contributed by atoms with Gasteiger partial charge in [-0.1, -0.05) is 39.8 Å². The highest BCUT2D eigenvalue weighted by molar-refractivity contribution is 7.19. The number of nitrogens with zero attached hydrogens (tertiary/aromatic N) is 3. The SMILES string of the molecule is CC.CC.Oc1ccc2nc(/C=C/c3ccc4c(cnn4CCOCCF)c3)sc2c1. The van der Waals surface area contributed by atoms with Crippen LogP contribution < -0.4 is 0 Å². The molecule has 0 amide bonds.